The lowest BCUT2D eigenvalue weighted by Gasteiger charge is -2.13. The molecule has 3 amide bonds. The van der Waals surface area contributed by atoms with E-state index in [9.17, 15) is 23.2 Å². The SMILES string of the molecule is O=C(CCN1C(=O)c2cccnc2C1=O)Nc1ccc(F)cc1F. The van der Waals surface area contributed by atoms with Gasteiger partial charge in [0.15, 0.2) is 0 Å². The molecule has 122 valence electrons. The molecular formula is C16H11F2N3O3. The fourth-order valence-corrected chi connectivity index (χ4v) is 2.33. The molecule has 1 N–H and O–H groups in total. The maximum atomic E-state index is 13.5. The van der Waals surface area contributed by atoms with Gasteiger partial charge in [0.25, 0.3) is 11.8 Å². The minimum Gasteiger partial charge on any atom is -0.324 e. The number of aromatic nitrogens is 1. The Labute approximate surface area is 135 Å². The smallest absolute Gasteiger partial charge is 0.280 e. The molecule has 0 aliphatic carbocycles. The topological polar surface area (TPSA) is 79.4 Å². The van der Waals surface area contributed by atoms with Crippen LogP contribution in [0.3, 0.4) is 0 Å². The van der Waals surface area contributed by atoms with Crippen molar-refractivity contribution in [2.24, 2.45) is 0 Å². The molecule has 1 aromatic carbocycles. The number of nitrogens with one attached hydrogen (secondary N) is 1. The summed E-state index contributed by atoms with van der Waals surface area (Å²) in [6.45, 7) is -0.164. The number of benzene rings is 1. The zero-order valence-corrected chi connectivity index (χ0v) is 12.3. The quantitative estimate of drug-likeness (QED) is 0.869. The predicted molar refractivity (Wildman–Crippen MR) is 79.2 cm³/mol. The number of amides is 3. The number of hydrogen-bond donors (Lipinski definition) is 1. The fourth-order valence-electron chi connectivity index (χ4n) is 2.33. The van der Waals surface area contributed by atoms with Crippen LogP contribution in [0.4, 0.5) is 14.5 Å². The second-order valence-electron chi connectivity index (χ2n) is 5.08. The lowest BCUT2D eigenvalue weighted by atomic mass is 10.2. The van der Waals surface area contributed by atoms with Crippen LogP contribution in [0.5, 0.6) is 0 Å². The molecule has 1 aromatic heterocycles. The number of imide groups is 1. The van der Waals surface area contributed by atoms with Crippen molar-refractivity contribution in [3.63, 3.8) is 0 Å². The molecule has 24 heavy (non-hydrogen) atoms. The number of fused-ring (bicyclic) bond motifs is 1. The van der Waals surface area contributed by atoms with Crippen LogP contribution in [-0.2, 0) is 4.79 Å². The molecule has 0 radical (unpaired) electrons. The third-order valence-corrected chi connectivity index (χ3v) is 3.50. The van der Waals surface area contributed by atoms with E-state index in [4.69, 9.17) is 0 Å². The molecule has 0 saturated heterocycles. The highest BCUT2D eigenvalue weighted by Gasteiger charge is 2.36. The summed E-state index contributed by atoms with van der Waals surface area (Å²) in [5, 5.41) is 2.27. The van der Waals surface area contributed by atoms with Crippen LogP contribution in [0.15, 0.2) is 36.5 Å². The maximum absolute atomic E-state index is 13.5. The van der Waals surface area contributed by atoms with Crippen LogP contribution in [-0.4, -0.2) is 34.2 Å². The molecule has 6 nitrogen and oxygen atoms in total. The highest BCUT2D eigenvalue weighted by molar-refractivity contribution is 6.20. The van der Waals surface area contributed by atoms with Gasteiger partial charge in [0.05, 0.1) is 11.3 Å². The summed E-state index contributed by atoms with van der Waals surface area (Å²) in [7, 11) is 0. The standard InChI is InChI=1S/C16H11F2N3O3/c17-9-3-4-12(11(18)8-9)20-13(22)5-7-21-15(23)10-2-1-6-19-14(10)16(21)24/h1-4,6,8H,5,7H2,(H,20,22). The number of rotatable bonds is 4. The summed E-state index contributed by atoms with van der Waals surface area (Å²) in [6, 6.07) is 5.77. The first-order valence-corrected chi connectivity index (χ1v) is 7.03. The van der Waals surface area contributed by atoms with Crippen LogP contribution in [0, 0.1) is 11.6 Å². The summed E-state index contributed by atoms with van der Waals surface area (Å²) in [6.07, 6.45) is 1.18. The van der Waals surface area contributed by atoms with Crippen molar-refractivity contribution in [2.45, 2.75) is 6.42 Å². The van der Waals surface area contributed by atoms with Gasteiger partial charge in [0.2, 0.25) is 5.91 Å². The minimum absolute atomic E-state index is 0.0486. The van der Waals surface area contributed by atoms with Crippen molar-refractivity contribution in [2.75, 3.05) is 11.9 Å². The van der Waals surface area contributed by atoms with Gasteiger partial charge in [-0.1, -0.05) is 0 Å². The second-order valence-corrected chi connectivity index (χ2v) is 5.08. The Kier molecular flexibility index (Phi) is 4.03. The third-order valence-electron chi connectivity index (χ3n) is 3.50. The van der Waals surface area contributed by atoms with Crippen LogP contribution in [0.2, 0.25) is 0 Å². The van der Waals surface area contributed by atoms with E-state index in [0.717, 1.165) is 17.0 Å². The monoisotopic (exact) mass is 331 g/mol. The molecule has 0 atom stereocenters. The lowest BCUT2D eigenvalue weighted by Crippen LogP contribution is -2.33. The van der Waals surface area contributed by atoms with E-state index in [1.807, 2.05) is 0 Å². The van der Waals surface area contributed by atoms with Gasteiger partial charge in [0, 0.05) is 25.2 Å². The van der Waals surface area contributed by atoms with E-state index < -0.39 is 29.4 Å². The van der Waals surface area contributed by atoms with Gasteiger partial charge in [-0.25, -0.2) is 8.78 Å². The number of carbonyl (C=O) groups is 3. The Morgan fingerprint density at radius 2 is 1.96 bits per heavy atom. The van der Waals surface area contributed by atoms with Crippen molar-refractivity contribution in [1.82, 2.24) is 9.88 Å². The summed E-state index contributed by atoms with van der Waals surface area (Å²) < 4.78 is 26.3. The molecule has 1 aliphatic heterocycles. The Balaban J connectivity index is 1.63. The highest BCUT2D eigenvalue weighted by Crippen LogP contribution is 2.21. The van der Waals surface area contributed by atoms with Crippen molar-refractivity contribution in [3.8, 4) is 0 Å². The molecule has 0 bridgehead atoms. The molecule has 2 aromatic rings. The average molecular weight is 331 g/mol. The summed E-state index contributed by atoms with van der Waals surface area (Å²) in [5.41, 5.74) is 0.0606. The molecule has 0 fully saturated rings. The first-order valence-electron chi connectivity index (χ1n) is 7.03. The average Bonchev–Trinajstić information content (AvgIpc) is 2.80. The van der Waals surface area contributed by atoms with Crippen molar-refractivity contribution >= 4 is 23.4 Å². The number of halogens is 2. The fraction of sp³-hybridized carbons (Fsp3) is 0.125. The Hall–Kier alpha value is -3.16. The molecule has 2 heterocycles. The molecule has 0 saturated carbocycles. The number of hydrogen-bond acceptors (Lipinski definition) is 4. The van der Waals surface area contributed by atoms with Crippen LogP contribution < -0.4 is 5.32 Å². The summed E-state index contributed by atoms with van der Waals surface area (Å²) in [5.74, 6) is -3.37. The number of pyridine rings is 1. The molecule has 8 heteroatoms. The van der Waals surface area contributed by atoms with Gasteiger partial charge in [-0.15, -0.1) is 0 Å². The largest absolute Gasteiger partial charge is 0.324 e. The molecule has 3 rings (SSSR count). The van der Waals surface area contributed by atoms with Crippen LogP contribution in [0.1, 0.15) is 27.3 Å². The van der Waals surface area contributed by atoms with Crippen molar-refractivity contribution < 1.29 is 23.2 Å². The zero-order chi connectivity index (χ0) is 17.3. The van der Waals surface area contributed by atoms with Gasteiger partial charge >= 0.3 is 0 Å². The molecule has 0 spiro atoms. The van der Waals surface area contributed by atoms with Gasteiger partial charge in [-0.2, -0.15) is 0 Å². The molecule has 0 unspecified atom stereocenters. The van der Waals surface area contributed by atoms with E-state index in [2.05, 4.69) is 10.3 Å². The Bertz CT molecular complexity index is 819. The Morgan fingerprint density at radius 1 is 1.17 bits per heavy atom. The maximum Gasteiger partial charge on any atom is 0.280 e. The van der Waals surface area contributed by atoms with E-state index in [1.165, 1.54) is 18.3 Å². The predicted octanol–water partition coefficient (Wildman–Crippen LogP) is 1.98. The van der Waals surface area contributed by atoms with E-state index in [0.29, 0.717) is 6.07 Å². The van der Waals surface area contributed by atoms with Gasteiger partial charge < -0.3 is 5.32 Å². The van der Waals surface area contributed by atoms with Crippen molar-refractivity contribution in [3.05, 3.63) is 59.4 Å². The van der Waals surface area contributed by atoms with Crippen LogP contribution in [0.25, 0.3) is 0 Å². The number of anilines is 1. The second kappa shape index (κ2) is 6.15. The first kappa shape index (κ1) is 15.7. The molecular weight excluding hydrogens is 320 g/mol. The van der Waals surface area contributed by atoms with Crippen LogP contribution >= 0.6 is 0 Å². The zero-order valence-electron chi connectivity index (χ0n) is 12.3. The van der Waals surface area contributed by atoms with E-state index >= 15 is 0 Å². The third kappa shape index (κ3) is 2.85. The summed E-state index contributed by atoms with van der Waals surface area (Å²) in [4.78, 5) is 40.8. The normalized spacial score (nSPS) is 13.2. The molecule has 1 aliphatic rings. The lowest BCUT2D eigenvalue weighted by molar-refractivity contribution is -0.116. The highest BCUT2D eigenvalue weighted by atomic mass is 19.1. The first-order chi connectivity index (χ1) is 11.5. The number of carbonyl (C=O) groups excluding carboxylic acids is 3. The Morgan fingerprint density at radius 3 is 2.67 bits per heavy atom. The van der Waals surface area contributed by atoms with Gasteiger partial charge in [-0.05, 0) is 24.3 Å². The van der Waals surface area contributed by atoms with Gasteiger partial charge in [-0.3, -0.25) is 24.3 Å². The minimum atomic E-state index is -0.909. The van der Waals surface area contributed by atoms with Crippen molar-refractivity contribution in [1.29, 1.82) is 0 Å². The number of nitrogens with zero attached hydrogens (tertiary/aromatic N) is 2. The van der Waals surface area contributed by atoms with E-state index in [1.54, 1.807) is 0 Å². The van der Waals surface area contributed by atoms with Gasteiger partial charge in [0.1, 0.15) is 17.3 Å². The van der Waals surface area contributed by atoms with E-state index in [-0.39, 0.29) is 29.9 Å². The summed E-state index contributed by atoms with van der Waals surface area (Å²) >= 11 is 0.